The highest BCUT2D eigenvalue weighted by Gasteiger charge is 2.01. The topological polar surface area (TPSA) is 56.5 Å². The van der Waals surface area contributed by atoms with Gasteiger partial charge < -0.3 is 0 Å². The molecule has 0 bridgehead atoms. The Kier molecular flexibility index (Phi) is 1.12. The summed E-state index contributed by atoms with van der Waals surface area (Å²) < 4.78 is 1.63. The van der Waals surface area contributed by atoms with E-state index in [2.05, 4.69) is 20.3 Å². The second kappa shape index (κ2) is 1.98. The minimum absolute atomic E-state index is 0.734. The third-order valence-electron chi connectivity index (χ3n) is 1.46. The van der Waals surface area contributed by atoms with Gasteiger partial charge in [0.1, 0.15) is 5.82 Å². The Morgan fingerprint density at radius 1 is 1.45 bits per heavy atom. The van der Waals surface area contributed by atoms with Gasteiger partial charge in [-0.15, -0.1) is 5.10 Å². The van der Waals surface area contributed by atoms with Crippen LogP contribution in [0.1, 0.15) is 5.82 Å². The van der Waals surface area contributed by atoms with Crippen LogP contribution in [0.15, 0.2) is 6.20 Å². The maximum absolute atomic E-state index is 4.16. The molecule has 0 fully saturated rings. The molecule has 5 heteroatoms. The molecule has 0 aliphatic carbocycles. The molecule has 0 N–H and O–H groups in total. The Labute approximate surface area is 63.1 Å². The SMILES string of the molecule is Cc1ncc2nnn(C)c2n1. The molecule has 5 nitrogen and oxygen atoms in total. The molecule has 2 aromatic heterocycles. The number of rotatable bonds is 0. The Bertz CT molecular complexity index is 391. The number of aryl methyl sites for hydroxylation is 2. The van der Waals surface area contributed by atoms with E-state index in [1.807, 2.05) is 14.0 Å². The van der Waals surface area contributed by atoms with Crippen molar-refractivity contribution in [1.29, 1.82) is 0 Å². The minimum atomic E-state index is 0.734. The second-order valence-electron chi connectivity index (χ2n) is 2.34. The molecule has 2 heterocycles. The van der Waals surface area contributed by atoms with Crippen LogP contribution in [0.5, 0.6) is 0 Å². The number of aromatic nitrogens is 5. The van der Waals surface area contributed by atoms with Gasteiger partial charge >= 0.3 is 0 Å². The molecule has 2 aromatic rings. The van der Waals surface area contributed by atoms with Crippen molar-refractivity contribution in [2.45, 2.75) is 6.92 Å². The van der Waals surface area contributed by atoms with Crippen molar-refractivity contribution in [3.05, 3.63) is 12.0 Å². The highest BCUT2D eigenvalue weighted by atomic mass is 15.4. The summed E-state index contributed by atoms with van der Waals surface area (Å²) >= 11 is 0. The average Bonchev–Trinajstić information content (AvgIpc) is 2.33. The third-order valence-corrected chi connectivity index (χ3v) is 1.46. The van der Waals surface area contributed by atoms with Crippen molar-refractivity contribution in [2.24, 2.45) is 7.05 Å². The first-order valence-electron chi connectivity index (χ1n) is 3.26. The summed E-state index contributed by atoms with van der Waals surface area (Å²) in [4.78, 5) is 8.16. The quantitative estimate of drug-likeness (QED) is 0.531. The lowest BCUT2D eigenvalue weighted by molar-refractivity contribution is 0.728. The van der Waals surface area contributed by atoms with Crippen LogP contribution < -0.4 is 0 Å². The van der Waals surface area contributed by atoms with Crippen LogP contribution in [0.4, 0.5) is 0 Å². The van der Waals surface area contributed by atoms with Crippen LogP contribution in [-0.4, -0.2) is 25.0 Å². The molecule has 0 aliphatic rings. The van der Waals surface area contributed by atoms with E-state index in [9.17, 15) is 0 Å². The summed E-state index contributed by atoms with van der Waals surface area (Å²) in [5.74, 6) is 0.739. The molecule has 0 aliphatic heterocycles. The number of fused-ring (bicyclic) bond motifs is 1. The van der Waals surface area contributed by atoms with Gasteiger partial charge in [-0.05, 0) is 6.92 Å². The molecule has 0 spiro atoms. The van der Waals surface area contributed by atoms with Gasteiger partial charge in [0.15, 0.2) is 11.2 Å². The number of hydrogen-bond acceptors (Lipinski definition) is 4. The van der Waals surface area contributed by atoms with Crippen molar-refractivity contribution in [3.8, 4) is 0 Å². The van der Waals surface area contributed by atoms with E-state index in [-0.39, 0.29) is 0 Å². The van der Waals surface area contributed by atoms with E-state index >= 15 is 0 Å². The van der Waals surface area contributed by atoms with Gasteiger partial charge in [-0.25, -0.2) is 14.6 Å². The fourth-order valence-electron chi connectivity index (χ4n) is 0.918. The Hall–Kier alpha value is -1.52. The number of nitrogens with zero attached hydrogens (tertiary/aromatic N) is 5. The van der Waals surface area contributed by atoms with Gasteiger partial charge in [0.25, 0.3) is 0 Å². The molecule has 0 unspecified atom stereocenters. The van der Waals surface area contributed by atoms with Crippen LogP contribution in [0.25, 0.3) is 11.2 Å². The Morgan fingerprint density at radius 2 is 2.27 bits per heavy atom. The van der Waals surface area contributed by atoms with Crippen molar-refractivity contribution in [2.75, 3.05) is 0 Å². The first kappa shape index (κ1) is 6.21. The highest BCUT2D eigenvalue weighted by molar-refractivity contribution is 5.67. The van der Waals surface area contributed by atoms with E-state index in [1.165, 1.54) is 0 Å². The smallest absolute Gasteiger partial charge is 0.181 e. The second-order valence-corrected chi connectivity index (χ2v) is 2.34. The fraction of sp³-hybridized carbons (Fsp3) is 0.333. The molecule has 0 amide bonds. The minimum Gasteiger partial charge on any atom is -0.239 e. The maximum atomic E-state index is 4.16. The zero-order valence-electron chi connectivity index (χ0n) is 6.31. The van der Waals surface area contributed by atoms with Gasteiger partial charge in [0.05, 0.1) is 6.20 Å². The van der Waals surface area contributed by atoms with E-state index in [1.54, 1.807) is 10.9 Å². The monoisotopic (exact) mass is 149 g/mol. The summed E-state index contributed by atoms with van der Waals surface area (Å²) in [5.41, 5.74) is 1.51. The Balaban J connectivity index is 2.87. The Morgan fingerprint density at radius 3 is 3.09 bits per heavy atom. The van der Waals surface area contributed by atoms with E-state index in [0.717, 1.165) is 17.0 Å². The molecular formula is C6H7N5. The van der Waals surface area contributed by atoms with Gasteiger partial charge in [-0.1, -0.05) is 5.21 Å². The lowest BCUT2D eigenvalue weighted by Crippen LogP contribution is -1.94. The summed E-state index contributed by atoms with van der Waals surface area (Å²) in [6.07, 6.45) is 1.67. The van der Waals surface area contributed by atoms with E-state index in [0.29, 0.717) is 0 Å². The predicted octanol–water partition coefficient (Wildman–Crippen LogP) is 0.0667. The largest absolute Gasteiger partial charge is 0.239 e. The van der Waals surface area contributed by atoms with Crippen LogP contribution in [0.3, 0.4) is 0 Å². The van der Waals surface area contributed by atoms with Gasteiger partial charge in [-0.2, -0.15) is 0 Å². The molecule has 0 atom stereocenters. The van der Waals surface area contributed by atoms with Crippen LogP contribution in [0, 0.1) is 6.92 Å². The van der Waals surface area contributed by atoms with Crippen molar-refractivity contribution >= 4 is 11.2 Å². The highest BCUT2D eigenvalue weighted by Crippen LogP contribution is 2.03. The van der Waals surface area contributed by atoms with E-state index in [4.69, 9.17) is 0 Å². The number of hydrogen-bond donors (Lipinski definition) is 0. The first-order valence-corrected chi connectivity index (χ1v) is 3.26. The summed E-state index contributed by atoms with van der Waals surface area (Å²) in [6, 6.07) is 0. The normalized spacial score (nSPS) is 10.7. The molecule has 0 radical (unpaired) electrons. The molecule has 2 rings (SSSR count). The third kappa shape index (κ3) is 0.849. The zero-order valence-corrected chi connectivity index (χ0v) is 6.31. The van der Waals surface area contributed by atoms with Gasteiger partial charge in [0, 0.05) is 7.05 Å². The molecular weight excluding hydrogens is 142 g/mol. The standard InChI is InChI=1S/C6H7N5/c1-4-7-3-5-6(8-4)11(2)10-9-5/h3H,1-2H3. The molecule has 0 aromatic carbocycles. The predicted molar refractivity (Wildman–Crippen MR) is 38.8 cm³/mol. The average molecular weight is 149 g/mol. The molecule has 11 heavy (non-hydrogen) atoms. The van der Waals surface area contributed by atoms with Crippen LogP contribution in [-0.2, 0) is 7.05 Å². The fourth-order valence-corrected chi connectivity index (χ4v) is 0.918. The summed E-state index contributed by atoms with van der Waals surface area (Å²) in [6.45, 7) is 1.84. The first-order chi connectivity index (χ1) is 5.27. The lowest BCUT2D eigenvalue weighted by atomic mass is 10.5. The van der Waals surface area contributed by atoms with Crippen molar-refractivity contribution in [3.63, 3.8) is 0 Å². The summed E-state index contributed by atoms with van der Waals surface area (Å²) in [5, 5.41) is 7.65. The molecule has 0 saturated carbocycles. The molecule has 0 saturated heterocycles. The summed E-state index contributed by atoms with van der Waals surface area (Å²) in [7, 11) is 1.81. The van der Waals surface area contributed by atoms with Crippen LogP contribution >= 0.6 is 0 Å². The van der Waals surface area contributed by atoms with Gasteiger partial charge in [0.2, 0.25) is 0 Å². The van der Waals surface area contributed by atoms with Crippen molar-refractivity contribution < 1.29 is 0 Å². The maximum Gasteiger partial charge on any atom is 0.181 e. The zero-order chi connectivity index (χ0) is 7.84. The van der Waals surface area contributed by atoms with Crippen molar-refractivity contribution in [1.82, 2.24) is 25.0 Å². The lowest BCUT2D eigenvalue weighted by Gasteiger charge is -1.90. The van der Waals surface area contributed by atoms with Gasteiger partial charge in [-0.3, -0.25) is 0 Å². The molecule has 56 valence electrons. The van der Waals surface area contributed by atoms with E-state index < -0.39 is 0 Å². The van der Waals surface area contributed by atoms with Crippen LogP contribution in [0.2, 0.25) is 0 Å².